The molecule has 5 heteroatoms. The summed E-state index contributed by atoms with van der Waals surface area (Å²) in [6.45, 7) is 3.63. The van der Waals surface area contributed by atoms with Crippen molar-refractivity contribution in [2.75, 3.05) is 18.7 Å². The first-order chi connectivity index (χ1) is 8.42. The monoisotopic (exact) mass is 290 g/mol. The Labute approximate surface area is 114 Å². The fourth-order valence-corrected chi connectivity index (χ4v) is 3.71. The maximum absolute atomic E-state index is 12.2. The number of hydrogen-bond acceptors (Lipinski definition) is 3. The van der Waals surface area contributed by atoms with Crippen LogP contribution in [0.4, 0.5) is 0 Å². The molecule has 0 heterocycles. The van der Waals surface area contributed by atoms with E-state index in [-0.39, 0.29) is 5.75 Å². The lowest BCUT2D eigenvalue weighted by Crippen LogP contribution is -2.09. The van der Waals surface area contributed by atoms with E-state index in [2.05, 4.69) is 0 Å². The van der Waals surface area contributed by atoms with Crippen LogP contribution in [0.5, 0.6) is 5.75 Å². The molecule has 102 valence electrons. The Morgan fingerprint density at radius 2 is 1.83 bits per heavy atom. The van der Waals surface area contributed by atoms with Crippen LogP contribution in [0.1, 0.15) is 24.0 Å². The SMILES string of the molecule is COc1cc(C)c(S(=O)(=O)CCCCCl)cc1C. The van der Waals surface area contributed by atoms with E-state index in [0.29, 0.717) is 22.9 Å². The van der Waals surface area contributed by atoms with Crippen LogP contribution in [0.25, 0.3) is 0 Å². The molecule has 0 amide bonds. The van der Waals surface area contributed by atoms with Gasteiger partial charge in [0, 0.05) is 5.88 Å². The van der Waals surface area contributed by atoms with Crippen molar-refractivity contribution in [3.8, 4) is 5.75 Å². The number of rotatable bonds is 6. The first kappa shape index (κ1) is 15.3. The quantitative estimate of drug-likeness (QED) is 0.597. The van der Waals surface area contributed by atoms with Gasteiger partial charge in [-0.25, -0.2) is 8.42 Å². The maximum Gasteiger partial charge on any atom is 0.178 e. The molecule has 0 saturated carbocycles. The molecule has 3 nitrogen and oxygen atoms in total. The smallest absolute Gasteiger partial charge is 0.178 e. The lowest BCUT2D eigenvalue weighted by atomic mass is 10.1. The van der Waals surface area contributed by atoms with Crippen molar-refractivity contribution in [3.63, 3.8) is 0 Å². The first-order valence-electron chi connectivity index (χ1n) is 5.86. The predicted molar refractivity (Wildman–Crippen MR) is 74.5 cm³/mol. The number of unbranched alkanes of at least 4 members (excludes halogenated alkanes) is 1. The van der Waals surface area contributed by atoms with Gasteiger partial charge in [-0.15, -0.1) is 11.6 Å². The third-order valence-corrected chi connectivity index (χ3v) is 5.03. The summed E-state index contributed by atoms with van der Waals surface area (Å²) in [7, 11) is -1.65. The molecule has 0 unspecified atom stereocenters. The lowest BCUT2D eigenvalue weighted by molar-refractivity contribution is 0.411. The van der Waals surface area contributed by atoms with E-state index >= 15 is 0 Å². The van der Waals surface area contributed by atoms with Gasteiger partial charge in [0.05, 0.1) is 17.8 Å². The Kier molecular flexibility index (Phi) is 5.47. The van der Waals surface area contributed by atoms with E-state index < -0.39 is 9.84 Å². The summed E-state index contributed by atoms with van der Waals surface area (Å²) in [4.78, 5) is 0.398. The molecule has 0 spiro atoms. The summed E-state index contributed by atoms with van der Waals surface area (Å²) < 4.78 is 29.6. The number of alkyl halides is 1. The second-order valence-electron chi connectivity index (χ2n) is 4.30. The van der Waals surface area contributed by atoms with Crippen molar-refractivity contribution in [2.24, 2.45) is 0 Å². The fraction of sp³-hybridized carbons (Fsp3) is 0.538. The molecule has 0 atom stereocenters. The molecular formula is C13H19ClO3S. The van der Waals surface area contributed by atoms with Crippen LogP contribution in [-0.4, -0.2) is 27.2 Å². The molecule has 0 aliphatic rings. The average molecular weight is 291 g/mol. The number of aryl methyl sites for hydroxylation is 2. The number of methoxy groups -OCH3 is 1. The third-order valence-electron chi connectivity index (χ3n) is 2.82. The summed E-state index contributed by atoms with van der Waals surface area (Å²) in [5.74, 6) is 1.36. The Bertz CT molecular complexity index is 509. The number of ether oxygens (including phenoxy) is 1. The Morgan fingerprint density at radius 1 is 1.17 bits per heavy atom. The third kappa shape index (κ3) is 3.62. The standard InChI is InChI=1S/C13H19ClO3S/c1-10-9-13(11(2)8-12(10)17-3)18(15,16)7-5-4-6-14/h8-9H,4-7H2,1-3H3. The highest BCUT2D eigenvalue weighted by Crippen LogP contribution is 2.26. The minimum atomic E-state index is -3.22. The molecule has 18 heavy (non-hydrogen) atoms. The molecule has 0 aliphatic carbocycles. The van der Waals surface area contributed by atoms with Gasteiger partial charge in [0.25, 0.3) is 0 Å². The molecule has 0 aliphatic heterocycles. The van der Waals surface area contributed by atoms with Crippen molar-refractivity contribution >= 4 is 21.4 Å². The summed E-state index contributed by atoms with van der Waals surface area (Å²) in [5.41, 5.74) is 1.56. The number of sulfone groups is 1. The van der Waals surface area contributed by atoms with Gasteiger partial charge in [-0.1, -0.05) is 0 Å². The highest BCUT2D eigenvalue weighted by atomic mass is 35.5. The predicted octanol–water partition coefficient (Wildman–Crippen LogP) is 3.10. The van der Waals surface area contributed by atoms with Crippen molar-refractivity contribution in [1.82, 2.24) is 0 Å². The van der Waals surface area contributed by atoms with Gasteiger partial charge >= 0.3 is 0 Å². The van der Waals surface area contributed by atoms with Gasteiger partial charge < -0.3 is 4.74 Å². The van der Waals surface area contributed by atoms with Gasteiger partial charge in [-0.2, -0.15) is 0 Å². The summed E-state index contributed by atoms with van der Waals surface area (Å²) in [6, 6.07) is 3.45. The molecule has 0 N–H and O–H groups in total. The topological polar surface area (TPSA) is 43.4 Å². The Hall–Kier alpha value is -0.740. The van der Waals surface area contributed by atoms with Gasteiger partial charge in [0.1, 0.15) is 5.75 Å². The van der Waals surface area contributed by atoms with Crippen LogP contribution in [0.3, 0.4) is 0 Å². The highest BCUT2D eigenvalue weighted by molar-refractivity contribution is 7.91. The van der Waals surface area contributed by atoms with Crippen LogP contribution >= 0.6 is 11.6 Å². The van der Waals surface area contributed by atoms with E-state index in [9.17, 15) is 8.42 Å². The minimum Gasteiger partial charge on any atom is -0.496 e. The summed E-state index contributed by atoms with van der Waals surface area (Å²) in [5, 5.41) is 0. The van der Waals surface area contributed by atoms with E-state index in [0.717, 1.165) is 17.5 Å². The minimum absolute atomic E-state index is 0.145. The van der Waals surface area contributed by atoms with Gasteiger partial charge in [0.15, 0.2) is 9.84 Å². The van der Waals surface area contributed by atoms with Gasteiger partial charge in [0.2, 0.25) is 0 Å². The van der Waals surface area contributed by atoms with E-state index in [1.54, 1.807) is 26.2 Å². The van der Waals surface area contributed by atoms with Crippen molar-refractivity contribution in [2.45, 2.75) is 31.6 Å². The fourth-order valence-electron chi connectivity index (χ4n) is 1.81. The van der Waals surface area contributed by atoms with Crippen molar-refractivity contribution in [1.29, 1.82) is 0 Å². The van der Waals surface area contributed by atoms with E-state index in [1.807, 2.05) is 6.92 Å². The zero-order chi connectivity index (χ0) is 13.8. The molecule has 1 aromatic rings. The summed E-state index contributed by atoms with van der Waals surface area (Å²) >= 11 is 5.56. The number of halogens is 1. The van der Waals surface area contributed by atoms with Crippen LogP contribution in [-0.2, 0) is 9.84 Å². The van der Waals surface area contributed by atoms with Crippen LogP contribution in [0.2, 0.25) is 0 Å². The largest absolute Gasteiger partial charge is 0.496 e. The molecule has 1 aromatic carbocycles. The molecule has 1 rings (SSSR count). The van der Waals surface area contributed by atoms with Crippen LogP contribution < -0.4 is 4.74 Å². The molecule has 0 aromatic heterocycles. The Morgan fingerprint density at radius 3 is 2.39 bits per heavy atom. The second kappa shape index (κ2) is 6.43. The molecule has 0 bridgehead atoms. The Balaban J connectivity index is 3.05. The van der Waals surface area contributed by atoms with E-state index in [4.69, 9.17) is 16.3 Å². The molecule has 0 saturated heterocycles. The van der Waals surface area contributed by atoms with Crippen molar-refractivity contribution < 1.29 is 13.2 Å². The second-order valence-corrected chi connectivity index (χ2v) is 6.76. The molecule has 0 fully saturated rings. The maximum atomic E-state index is 12.2. The molecular weight excluding hydrogens is 272 g/mol. The summed E-state index contributed by atoms with van der Waals surface area (Å²) in [6.07, 6.45) is 1.31. The highest BCUT2D eigenvalue weighted by Gasteiger charge is 2.18. The number of hydrogen-bond donors (Lipinski definition) is 0. The van der Waals surface area contributed by atoms with Crippen LogP contribution in [0, 0.1) is 13.8 Å². The van der Waals surface area contributed by atoms with Gasteiger partial charge in [-0.3, -0.25) is 0 Å². The lowest BCUT2D eigenvalue weighted by Gasteiger charge is -2.11. The first-order valence-corrected chi connectivity index (χ1v) is 8.05. The average Bonchev–Trinajstić information content (AvgIpc) is 2.31. The normalized spacial score (nSPS) is 11.6. The van der Waals surface area contributed by atoms with Crippen molar-refractivity contribution in [3.05, 3.63) is 23.3 Å². The van der Waals surface area contributed by atoms with E-state index in [1.165, 1.54) is 0 Å². The van der Waals surface area contributed by atoms with Gasteiger partial charge in [-0.05, 0) is 49.9 Å². The number of benzene rings is 1. The zero-order valence-electron chi connectivity index (χ0n) is 11.0. The zero-order valence-corrected chi connectivity index (χ0v) is 12.6. The molecule has 0 radical (unpaired) electrons. The van der Waals surface area contributed by atoms with Crippen LogP contribution in [0.15, 0.2) is 17.0 Å².